The van der Waals surface area contributed by atoms with E-state index < -0.39 is 23.7 Å². The summed E-state index contributed by atoms with van der Waals surface area (Å²) in [5, 5.41) is 9.75. The number of fused-ring (bicyclic) bond motifs is 1. The summed E-state index contributed by atoms with van der Waals surface area (Å²) in [7, 11) is 1.18. The molecular weight excluding hydrogens is 368 g/mol. The predicted molar refractivity (Wildman–Crippen MR) is 96.8 cm³/mol. The molecule has 3 rings (SSSR count). The second kappa shape index (κ2) is 7.01. The Hall–Kier alpha value is -3.51. The zero-order chi connectivity index (χ0) is 19.7. The van der Waals surface area contributed by atoms with Crippen LogP contribution in [0.25, 0.3) is 0 Å². The molecule has 1 aromatic carbocycles. The predicted octanol–water partition coefficient (Wildman–Crippen LogP) is 0.807. The molecule has 136 valence electrons. The van der Waals surface area contributed by atoms with E-state index in [1.54, 1.807) is 30.3 Å². The number of esters is 1. The molecule has 9 heteroatoms. The minimum Gasteiger partial charge on any atom is -0.465 e. The maximum atomic E-state index is 12.6. The van der Waals surface area contributed by atoms with Crippen molar-refractivity contribution < 1.29 is 19.1 Å². The van der Waals surface area contributed by atoms with Crippen molar-refractivity contribution in [1.29, 1.82) is 5.26 Å². The number of carbonyl (C=O) groups is 3. The van der Waals surface area contributed by atoms with Crippen LogP contribution >= 0.6 is 11.8 Å². The maximum Gasteiger partial charge on any atom is 0.344 e. The van der Waals surface area contributed by atoms with E-state index >= 15 is 0 Å². The highest BCUT2D eigenvalue weighted by atomic mass is 32.2. The Morgan fingerprint density at radius 2 is 1.96 bits per heavy atom. The van der Waals surface area contributed by atoms with Crippen molar-refractivity contribution >= 4 is 29.5 Å². The minimum absolute atomic E-state index is 0.00693. The first-order valence-corrected chi connectivity index (χ1v) is 8.53. The number of hydrogen-bond donors (Lipinski definition) is 2. The van der Waals surface area contributed by atoms with Crippen molar-refractivity contribution in [2.45, 2.75) is 5.92 Å². The summed E-state index contributed by atoms with van der Waals surface area (Å²) in [6.45, 7) is 0. The second-order valence-corrected chi connectivity index (χ2v) is 6.64. The van der Waals surface area contributed by atoms with Crippen LogP contribution in [0.4, 0.5) is 0 Å². The average Bonchev–Trinajstić information content (AvgIpc) is 2.66. The van der Waals surface area contributed by atoms with E-state index in [-0.39, 0.29) is 26.9 Å². The second-order valence-electron chi connectivity index (χ2n) is 5.61. The fraction of sp³-hybridized carbons (Fsp3) is 0.111. The molecule has 0 aliphatic carbocycles. The molecule has 2 aliphatic heterocycles. The van der Waals surface area contributed by atoms with E-state index in [1.807, 2.05) is 6.07 Å². The summed E-state index contributed by atoms with van der Waals surface area (Å²) in [6, 6.07) is 10.7. The summed E-state index contributed by atoms with van der Waals surface area (Å²) in [5.41, 5.74) is 12.4. The number of primary amides is 1. The van der Waals surface area contributed by atoms with Crippen molar-refractivity contribution in [3.05, 3.63) is 68.9 Å². The van der Waals surface area contributed by atoms with Gasteiger partial charge in [-0.3, -0.25) is 14.5 Å². The van der Waals surface area contributed by atoms with Crippen LogP contribution in [0, 0.1) is 11.3 Å². The van der Waals surface area contributed by atoms with E-state index in [0.717, 1.165) is 22.7 Å². The van der Waals surface area contributed by atoms with Crippen LogP contribution < -0.4 is 11.5 Å². The molecule has 8 nitrogen and oxygen atoms in total. The van der Waals surface area contributed by atoms with Crippen molar-refractivity contribution in [2.24, 2.45) is 11.5 Å². The smallest absolute Gasteiger partial charge is 0.344 e. The summed E-state index contributed by atoms with van der Waals surface area (Å²) >= 11 is 0.850. The lowest BCUT2D eigenvalue weighted by molar-refractivity contribution is -0.135. The van der Waals surface area contributed by atoms with Gasteiger partial charge in [-0.1, -0.05) is 42.1 Å². The number of thioether (sulfide) groups is 1. The average molecular weight is 382 g/mol. The van der Waals surface area contributed by atoms with Crippen LogP contribution in [0.5, 0.6) is 0 Å². The fourth-order valence-corrected chi connectivity index (χ4v) is 4.09. The van der Waals surface area contributed by atoms with Gasteiger partial charge < -0.3 is 16.2 Å². The van der Waals surface area contributed by atoms with Crippen molar-refractivity contribution in [2.75, 3.05) is 7.11 Å². The lowest BCUT2D eigenvalue weighted by atomic mass is 9.82. The molecule has 2 aliphatic rings. The largest absolute Gasteiger partial charge is 0.465 e. The Labute approximate surface area is 158 Å². The molecular formula is C18H14N4O4S. The minimum atomic E-state index is -0.850. The highest BCUT2D eigenvalue weighted by Gasteiger charge is 2.43. The topological polar surface area (TPSA) is 140 Å². The Kier molecular flexibility index (Phi) is 4.75. The summed E-state index contributed by atoms with van der Waals surface area (Å²) < 4.78 is 4.66. The number of nitrogens with two attached hydrogens (primary N) is 2. The fourth-order valence-electron chi connectivity index (χ4n) is 2.95. The number of methoxy groups -OCH3 is 1. The molecule has 0 bridgehead atoms. The van der Waals surface area contributed by atoms with Gasteiger partial charge >= 0.3 is 5.97 Å². The molecule has 0 saturated heterocycles. The van der Waals surface area contributed by atoms with Gasteiger partial charge in [0.2, 0.25) is 5.91 Å². The number of nitriles is 1. The summed E-state index contributed by atoms with van der Waals surface area (Å²) in [6.07, 6.45) is 1.04. The van der Waals surface area contributed by atoms with E-state index in [0.29, 0.717) is 5.56 Å². The zero-order valence-electron chi connectivity index (χ0n) is 14.1. The number of nitrogens with zero attached hydrogens (tertiary/aromatic N) is 2. The highest BCUT2D eigenvalue weighted by molar-refractivity contribution is 8.07. The molecule has 0 fully saturated rings. The number of amides is 2. The number of rotatable bonds is 3. The van der Waals surface area contributed by atoms with Gasteiger partial charge in [-0.15, -0.1) is 0 Å². The van der Waals surface area contributed by atoms with Crippen LogP contribution in [-0.4, -0.2) is 29.8 Å². The molecule has 1 atom stereocenters. The molecule has 1 unspecified atom stereocenters. The molecule has 1 aromatic rings. The van der Waals surface area contributed by atoms with Gasteiger partial charge in [0, 0.05) is 6.08 Å². The monoisotopic (exact) mass is 382 g/mol. The first-order chi connectivity index (χ1) is 12.9. The standard InChI is InChI=1S/C18H14N4O4S/c1-26-18(25)11-7-12(23)22-15(20)10(8-19)13(9-5-3-2-4-6-9)14(16(21)24)17(22)27-11/h2-7,13H,20H2,1H3,(H2,21,24). The zero-order valence-corrected chi connectivity index (χ0v) is 14.9. The van der Waals surface area contributed by atoms with Crippen molar-refractivity contribution in [1.82, 2.24) is 4.90 Å². The van der Waals surface area contributed by atoms with Gasteiger partial charge in [0.15, 0.2) is 0 Å². The van der Waals surface area contributed by atoms with Gasteiger partial charge in [0.05, 0.1) is 35.3 Å². The van der Waals surface area contributed by atoms with Crippen LogP contribution in [0.3, 0.4) is 0 Å². The number of allylic oxidation sites excluding steroid dienone is 1. The number of benzene rings is 1. The van der Waals surface area contributed by atoms with Crippen molar-refractivity contribution in [3.63, 3.8) is 0 Å². The number of ether oxygens (including phenoxy) is 1. The Morgan fingerprint density at radius 1 is 1.30 bits per heavy atom. The van der Waals surface area contributed by atoms with Crippen LogP contribution in [0.2, 0.25) is 0 Å². The maximum absolute atomic E-state index is 12.6. The number of hydrogen-bond acceptors (Lipinski definition) is 7. The normalized spacial score (nSPS) is 19.3. The first kappa shape index (κ1) is 18.3. The molecule has 0 radical (unpaired) electrons. The van der Waals surface area contributed by atoms with Gasteiger partial charge in [0.25, 0.3) is 5.91 Å². The number of carbonyl (C=O) groups excluding carboxylic acids is 3. The highest BCUT2D eigenvalue weighted by Crippen LogP contribution is 2.47. The molecule has 0 aromatic heterocycles. The summed E-state index contributed by atoms with van der Waals surface area (Å²) in [5.74, 6) is -3.18. The Balaban J connectivity index is 2.29. The third-order valence-corrected chi connectivity index (χ3v) is 5.21. The van der Waals surface area contributed by atoms with Crippen LogP contribution in [0.1, 0.15) is 11.5 Å². The quantitative estimate of drug-likeness (QED) is 0.737. The first-order valence-electron chi connectivity index (χ1n) is 7.71. The third-order valence-electron chi connectivity index (χ3n) is 4.11. The van der Waals surface area contributed by atoms with Crippen LogP contribution in [-0.2, 0) is 19.1 Å². The van der Waals surface area contributed by atoms with E-state index in [4.69, 9.17) is 11.5 Å². The Morgan fingerprint density at radius 3 is 2.52 bits per heavy atom. The van der Waals surface area contributed by atoms with Gasteiger partial charge in [-0.05, 0) is 5.56 Å². The van der Waals surface area contributed by atoms with Gasteiger partial charge in [-0.2, -0.15) is 5.26 Å². The SMILES string of the molecule is COC(=O)C1=CC(=O)N2C(N)=C(C#N)C(c3ccccc3)C(C(N)=O)=C2S1. The molecule has 27 heavy (non-hydrogen) atoms. The van der Waals surface area contributed by atoms with Gasteiger partial charge in [-0.25, -0.2) is 4.79 Å². The van der Waals surface area contributed by atoms with Crippen LogP contribution in [0.15, 0.2) is 63.3 Å². The molecule has 2 amide bonds. The third kappa shape index (κ3) is 2.96. The lowest BCUT2D eigenvalue weighted by Crippen LogP contribution is -2.42. The Bertz CT molecular complexity index is 988. The van der Waals surface area contributed by atoms with E-state index in [9.17, 15) is 19.6 Å². The molecule has 4 N–H and O–H groups in total. The van der Waals surface area contributed by atoms with Crippen molar-refractivity contribution in [3.8, 4) is 6.07 Å². The molecule has 0 saturated carbocycles. The van der Waals surface area contributed by atoms with Gasteiger partial charge in [0.1, 0.15) is 10.7 Å². The molecule has 2 heterocycles. The van der Waals surface area contributed by atoms with E-state index in [2.05, 4.69) is 4.74 Å². The molecule has 0 spiro atoms. The summed E-state index contributed by atoms with van der Waals surface area (Å²) in [4.78, 5) is 37.8. The van der Waals surface area contributed by atoms with E-state index in [1.165, 1.54) is 7.11 Å². The lowest BCUT2D eigenvalue weighted by Gasteiger charge is -2.36.